The van der Waals surface area contributed by atoms with Crippen molar-refractivity contribution in [3.63, 3.8) is 0 Å². The summed E-state index contributed by atoms with van der Waals surface area (Å²) in [5.41, 5.74) is 4.64. The molecular weight excluding hydrogens is 366 g/mol. The van der Waals surface area contributed by atoms with E-state index in [2.05, 4.69) is 83.0 Å². The fraction of sp³-hybridized carbons (Fsp3) is 0.741. The van der Waals surface area contributed by atoms with Gasteiger partial charge in [-0.1, -0.05) is 5.57 Å². The van der Waals surface area contributed by atoms with Crippen LogP contribution in [0.5, 0.6) is 0 Å². The van der Waals surface area contributed by atoms with Crippen molar-refractivity contribution in [1.82, 2.24) is 4.90 Å². The van der Waals surface area contributed by atoms with Gasteiger partial charge in [0.1, 0.15) is 14.1 Å². The predicted molar refractivity (Wildman–Crippen MR) is 130 cm³/mol. The molecule has 0 amide bonds. The van der Waals surface area contributed by atoms with Gasteiger partial charge in [0.15, 0.2) is 5.71 Å². The van der Waals surface area contributed by atoms with E-state index in [-0.39, 0.29) is 0 Å². The second-order valence-electron chi connectivity index (χ2n) is 11.0. The molecule has 0 unspecified atom stereocenters. The van der Waals surface area contributed by atoms with Crippen LogP contribution in [0.1, 0.15) is 58.3 Å². The first-order chi connectivity index (χ1) is 14.2. The van der Waals surface area contributed by atoms with Crippen molar-refractivity contribution < 1.29 is 9.06 Å². The molecule has 3 aliphatic rings. The van der Waals surface area contributed by atoms with Crippen molar-refractivity contribution in [3.05, 3.63) is 35.5 Å². The van der Waals surface area contributed by atoms with E-state index < -0.39 is 0 Å². The van der Waals surface area contributed by atoms with Crippen LogP contribution in [0, 0.1) is 11.8 Å². The Morgan fingerprint density at radius 3 is 1.80 bits per heavy atom. The van der Waals surface area contributed by atoms with E-state index in [4.69, 9.17) is 0 Å². The summed E-state index contributed by atoms with van der Waals surface area (Å²) in [6, 6.07) is 1.62. The predicted octanol–water partition coefficient (Wildman–Crippen LogP) is 4.90. The summed E-state index contributed by atoms with van der Waals surface area (Å²) in [6.07, 6.45) is 20.5. The number of hydrogen-bond acceptors (Lipinski definition) is 1. The minimum atomic E-state index is 0.775. The van der Waals surface area contributed by atoms with Crippen LogP contribution in [0.25, 0.3) is 0 Å². The minimum absolute atomic E-state index is 0.775. The number of hydrogen-bond donors (Lipinski definition) is 0. The Hall–Kier alpha value is -1.19. The average molecular weight is 414 g/mol. The molecule has 3 rings (SSSR count). The lowest BCUT2D eigenvalue weighted by Crippen LogP contribution is -2.50. The Labute approximate surface area is 186 Å². The molecule has 168 valence electrons. The zero-order chi connectivity index (χ0) is 21.9. The molecule has 0 N–H and O–H groups in total. The van der Waals surface area contributed by atoms with Crippen LogP contribution in [0.2, 0.25) is 0 Å². The van der Waals surface area contributed by atoms with Crippen molar-refractivity contribution in [3.8, 4) is 0 Å². The molecule has 0 aromatic rings. The molecule has 0 aromatic heterocycles. The zero-order valence-corrected chi connectivity index (χ0v) is 20.8. The van der Waals surface area contributed by atoms with Crippen molar-refractivity contribution in [1.29, 1.82) is 0 Å². The summed E-state index contributed by atoms with van der Waals surface area (Å²) >= 11 is 0. The first kappa shape index (κ1) is 23.5. The molecule has 0 atom stereocenters. The van der Waals surface area contributed by atoms with E-state index in [0.29, 0.717) is 0 Å². The average Bonchev–Trinajstić information content (AvgIpc) is 2.75. The molecule has 3 nitrogen and oxygen atoms in total. The summed E-state index contributed by atoms with van der Waals surface area (Å²) < 4.78 is 3.40. The highest BCUT2D eigenvalue weighted by atomic mass is 15.3. The molecule has 2 saturated carbocycles. The molecule has 0 aliphatic heterocycles. The van der Waals surface area contributed by atoms with Gasteiger partial charge in [-0.15, -0.1) is 0 Å². The van der Waals surface area contributed by atoms with Gasteiger partial charge in [0.05, 0.1) is 26.7 Å². The van der Waals surface area contributed by atoms with Crippen molar-refractivity contribution in [2.75, 3.05) is 48.8 Å². The molecule has 3 aliphatic carbocycles. The summed E-state index contributed by atoms with van der Waals surface area (Å²) in [4.78, 5) is 2.44. The highest BCUT2D eigenvalue weighted by Crippen LogP contribution is 2.43. The van der Waals surface area contributed by atoms with E-state index in [1.807, 2.05) is 0 Å². The summed E-state index contributed by atoms with van der Waals surface area (Å²) in [5.74, 6) is 1.56. The highest BCUT2D eigenvalue weighted by molar-refractivity contribution is 6.02. The van der Waals surface area contributed by atoms with Gasteiger partial charge in [-0.2, -0.15) is 0 Å². The zero-order valence-electron chi connectivity index (χ0n) is 20.8. The molecule has 0 saturated heterocycles. The first-order valence-corrected chi connectivity index (χ1v) is 12.4. The second kappa shape index (κ2) is 9.96. The maximum absolute atomic E-state index is 2.44. The molecule has 0 aromatic carbocycles. The standard InChI is InChI=1S/C27H47N3/c1-8-30(6,7)26-19-13-23(14-20-26)27(21-9-15-24(16-10-21)28(2)3)22-11-17-25(18-12-22)29(4)5/h9-10,15-16,22-23,25-26H,8,11-14,17-20H2,1-7H3/q+2. The Kier molecular flexibility index (Phi) is 7.79. The maximum Gasteiger partial charge on any atom is 0.199 e. The Morgan fingerprint density at radius 1 is 0.867 bits per heavy atom. The number of rotatable bonds is 5. The van der Waals surface area contributed by atoms with Gasteiger partial charge >= 0.3 is 0 Å². The fourth-order valence-corrected chi connectivity index (χ4v) is 6.00. The third kappa shape index (κ3) is 5.34. The van der Waals surface area contributed by atoms with Crippen LogP contribution >= 0.6 is 0 Å². The van der Waals surface area contributed by atoms with Gasteiger partial charge in [-0.05, 0) is 102 Å². The molecule has 0 heterocycles. The topological polar surface area (TPSA) is 6.25 Å². The minimum Gasteiger partial charge on any atom is -0.326 e. The first-order valence-electron chi connectivity index (χ1n) is 12.4. The lowest BCUT2D eigenvalue weighted by molar-refractivity contribution is -0.914. The third-order valence-corrected chi connectivity index (χ3v) is 8.52. The molecule has 0 radical (unpaired) electrons. The van der Waals surface area contributed by atoms with Gasteiger partial charge in [0.2, 0.25) is 0 Å². The number of allylic oxidation sites excluding steroid dienone is 6. The quantitative estimate of drug-likeness (QED) is 0.459. The van der Waals surface area contributed by atoms with Crippen LogP contribution in [-0.4, -0.2) is 80.6 Å². The van der Waals surface area contributed by atoms with Crippen LogP contribution in [0.3, 0.4) is 0 Å². The molecule has 0 spiro atoms. The number of nitrogens with zero attached hydrogens (tertiary/aromatic N) is 3. The van der Waals surface area contributed by atoms with Crippen molar-refractivity contribution in [2.45, 2.75) is 70.4 Å². The summed E-state index contributed by atoms with van der Waals surface area (Å²) in [7, 11) is 13.6. The van der Waals surface area contributed by atoms with E-state index in [0.717, 1.165) is 23.9 Å². The van der Waals surface area contributed by atoms with Crippen LogP contribution in [0.15, 0.2) is 35.5 Å². The van der Waals surface area contributed by atoms with Gasteiger partial charge in [0.25, 0.3) is 0 Å². The van der Waals surface area contributed by atoms with E-state index >= 15 is 0 Å². The SMILES string of the molecule is CC[N+](C)(C)C1CCC(C(=C2C=CC(=[N+](C)C)C=C2)C2CCC(N(C)C)CC2)CC1. The smallest absolute Gasteiger partial charge is 0.199 e. The summed E-state index contributed by atoms with van der Waals surface area (Å²) in [6.45, 7) is 3.59. The van der Waals surface area contributed by atoms with Gasteiger partial charge < -0.3 is 9.38 Å². The molecule has 3 heteroatoms. The Balaban J connectivity index is 1.82. The lowest BCUT2D eigenvalue weighted by Gasteiger charge is -2.43. The second-order valence-corrected chi connectivity index (χ2v) is 11.0. The molecule has 30 heavy (non-hydrogen) atoms. The molecule has 2 fully saturated rings. The van der Waals surface area contributed by atoms with Crippen LogP contribution in [0.4, 0.5) is 0 Å². The van der Waals surface area contributed by atoms with E-state index in [9.17, 15) is 0 Å². The van der Waals surface area contributed by atoms with E-state index in [1.165, 1.54) is 73.7 Å². The van der Waals surface area contributed by atoms with Crippen LogP contribution in [-0.2, 0) is 0 Å². The Bertz CT molecular complexity index is 684. The fourth-order valence-electron chi connectivity index (χ4n) is 6.00. The molecule has 0 bridgehead atoms. The normalized spacial score (nSPS) is 30.1. The Morgan fingerprint density at radius 2 is 1.37 bits per heavy atom. The van der Waals surface area contributed by atoms with Crippen molar-refractivity contribution in [2.24, 2.45) is 11.8 Å². The molecular formula is C27H47N3+2. The monoisotopic (exact) mass is 413 g/mol. The van der Waals surface area contributed by atoms with Gasteiger partial charge in [-0.25, -0.2) is 4.58 Å². The van der Waals surface area contributed by atoms with Crippen molar-refractivity contribution >= 4 is 5.71 Å². The van der Waals surface area contributed by atoms with E-state index in [1.54, 1.807) is 5.57 Å². The highest BCUT2D eigenvalue weighted by Gasteiger charge is 2.36. The van der Waals surface area contributed by atoms with Gasteiger partial charge in [0, 0.05) is 18.2 Å². The van der Waals surface area contributed by atoms with Gasteiger partial charge in [-0.3, -0.25) is 0 Å². The maximum atomic E-state index is 2.44. The summed E-state index contributed by atoms with van der Waals surface area (Å²) in [5, 5.41) is 0. The van der Waals surface area contributed by atoms with Crippen LogP contribution < -0.4 is 0 Å². The number of quaternary nitrogens is 1. The largest absolute Gasteiger partial charge is 0.326 e. The third-order valence-electron chi connectivity index (χ3n) is 8.52. The lowest BCUT2D eigenvalue weighted by atomic mass is 9.69.